The molecular formula is C22H20O10. The summed E-state index contributed by atoms with van der Waals surface area (Å²) in [5.41, 5.74) is 1.11. The van der Waals surface area contributed by atoms with Crippen LogP contribution in [0.5, 0.6) is 46.0 Å². The van der Waals surface area contributed by atoms with Crippen LogP contribution in [0.1, 0.15) is 34.0 Å². The number of aromatic carboxylic acids is 1. The number of carboxylic acids is 1. The molecule has 0 spiro atoms. The third-order valence-electron chi connectivity index (χ3n) is 4.78. The van der Waals surface area contributed by atoms with Gasteiger partial charge in [-0.25, -0.2) is 4.79 Å². The normalized spacial score (nSPS) is 14.4. The number of hydrogen-bond acceptors (Lipinski definition) is 9. The van der Waals surface area contributed by atoms with E-state index in [1.165, 1.54) is 24.3 Å². The van der Waals surface area contributed by atoms with Crippen molar-refractivity contribution in [2.24, 2.45) is 0 Å². The number of carboxylic acid groups (broad SMARTS) is 1. The lowest BCUT2D eigenvalue weighted by Crippen LogP contribution is -2.15. The molecule has 0 saturated heterocycles. The third-order valence-corrected chi connectivity index (χ3v) is 4.78. The van der Waals surface area contributed by atoms with Gasteiger partial charge in [-0.2, -0.15) is 0 Å². The van der Waals surface area contributed by atoms with Crippen LogP contribution in [0.4, 0.5) is 0 Å². The summed E-state index contributed by atoms with van der Waals surface area (Å²) < 4.78 is 5.76. The smallest absolute Gasteiger partial charge is 0.335 e. The van der Waals surface area contributed by atoms with Crippen LogP contribution in [0.25, 0.3) is 0 Å². The predicted molar refractivity (Wildman–Crippen MR) is 110 cm³/mol. The minimum Gasteiger partial charge on any atom is -0.508 e. The number of benzene rings is 3. The second-order valence-corrected chi connectivity index (χ2v) is 7.00. The van der Waals surface area contributed by atoms with Crippen molar-refractivity contribution in [3.8, 4) is 46.0 Å². The van der Waals surface area contributed by atoms with E-state index in [4.69, 9.17) is 25.2 Å². The van der Waals surface area contributed by atoms with Gasteiger partial charge in [0.1, 0.15) is 23.4 Å². The van der Waals surface area contributed by atoms with Crippen molar-refractivity contribution in [1.82, 2.24) is 0 Å². The summed E-state index contributed by atoms with van der Waals surface area (Å²) in [5.74, 6) is -3.31. The number of hydrogen-bond donors (Lipinski definition) is 8. The van der Waals surface area contributed by atoms with Gasteiger partial charge in [-0.15, -0.1) is 0 Å². The van der Waals surface area contributed by atoms with Gasteiger partial charge in [-0.3, -0.25) is 0 Å². The summed E-state index contributed by atoms with van der Waals surface area (Å²) in [7, 11) is 0. The topological polar surface area (TPSA) is 188 Å². The quantitative estimate of drug-likeness (QED) is 0.273. The Labute approximate surface area is 181 Å². The van der Waals surface area contributed by atoms with E-state index in [-0.39, 0.29) is 34.7 Å². The Bertz CT molecular complexity index is 1150. The van der Waals surface area contributed by atoms with E-state index in [9.17, 15) is 25.2 Å². The van der Waals surface area contributed by atoms with Crippen LogP contribution in [0.15, 0.2) is 42.5 Å². The highest BCUT2D eigenvalue weighted by molar-refractivity contribution is 5.89. The molecule has 4 rings (SSSR count). The molecule has 0 fully saturated rings. The van der Waals surface area contributed by atoms with Gasteiger partial charge >= 0.3 is 5.97 Å². The lowest BCUT2D eigenvalue weighted by molar-refractivity contribution is 0.0695. The molecule has 32 heavy (non-hydrogen) atoms. The zero-order chi connectivity index (χ0) is 23.6. The summed E-state index contributed by atoms with van der Waals surface area (Å²) in [5, 5.41) is 73.1. The lowest BCUT2D eigenvalue weighted by Gasteiger charge is -2.27. The Kier molecular flexibility index (Phi) is 6.06. The van der Waals surface area contributed by atoms with Gasteiger partial charge in [0.2, 0.25) is 0 Å². The van der Waals surface area contributed by atoms with Crippen LogP contribution in [0.3, 0.4) is 0 Å². The molecule has 0 bridgehead atoms. The molecule has 0 amide bonds. The molecule has 3 aromatic carbocycles. The van der Waals surface area contributed by atoms with E-state index in [0.29, 0.717) is 24.2 Å². The number of aromatic hydroxyl groups is 7. The first kappa shape index (κ1) is 22.2. The first-order valence-corrected chi connectivity index (χ1v) is 9.28. The maximum absolute atomic E-state index is 10.3. The Balaban J connectivity index is 0.000000207. The third kappa shape index (κ3) is 4.64. The molecule has 0 aliphatic carbocycles. The van der Waals surface area contributed by atoms with Crippen LogP contribution >= 0.6 is 0 Å². The molecule has 0 radical (unpaired) electrons. The maximum atomic E-state index is 10.3. The van der Waals surface area contributed by atoms with Gasteiger partial charge in [0.15, 0.2) is 28.7 Å². The van der Waals surface area contributed by atoms with E-state index >= 15 is 0 Å². The van der Waals surface area contributed by atoms with E-state index in [0.717, 1.165) is 17.7 Å². The van der Waals surface area contributed by atoms with Gasteiger partial charge in [-0.1, -0.05) is 6.07 Å². The van der Waals surface area contributed by atoms with Crippen molar-refractivity contribution < 1.29 is 50.4 Å². The highest BCUT2D eigenvalue weighted by Crippen LogP contribution is 2.42. The van der Waals surface area contributed by atoms with E-state index in [2.05, 4.69) is 0 Å². The van der Waals surface area contributed by atoms with Crippen molar-refractivity contribution >= 4 is 5.97 Å². The van der Waals surface area contributed by atoms with Crippen LogP contribution in [-0.4, -0.2) is 46.8 Å². The zero-order valence-electron chi connectivity index (χ0n) is 16.4. The molecule has 1 aliphatic heterocycles. The summed E-state index contributed by atoms with van der Waals surface area (Å²) in [6, 6.07) is 8.97. The van der Waals surface area contributed by atoms with Crippen molar-refractivity contribution in [1.29, 1.82) is 0 Å². The van der Waals surface area contributed by atoms with E-state index in [1.54, 1.807) is 6.07 Å². The minimum absolute atomic E-state index is 0.0204. The number of ether oxygens (including phenoxy) is 1. The Morgan fingerprint density at radius 1 is 0.781 bits per heavy atom. The van der Waals surface area contributed by atoms with Crippen molar-refractivity contribution in [2.75, 3.05) is 0 Å². The molecule has 0 saturated carbocycles. The first-order chi connectivity index (χ1) is 15.1. The fourth-order valence-electron chi connectivity index (χ4n) is 3.16. The number of fused-ring (bicyclic) bond motifs is 1. The SMILES string of the molecule is O=C(O)c1cc(O)c(O)c(O)c1.Oc1cc(O)c2c(c1)O[C@H](c1ccc(O)c(O)c1)CC2. The molecule has 8 N–H and O–H groups in total. The predicted octanol–water partition coefficient (Wildman–Crippen LogP) is 3.08. The largest absolute Gasteiger partial charge is 0.508 e. The highest BCUT2D eigenvalue weighted by Gasteiger charge is 2.25. The Morgan fingerprint density at radius 2 is 1.44 bits per heavy atom. The number of carbonyl (C=O) groups is 1. The molecule has 1 heterocycles. The second-order valence-electron chi connectivity index (χ2n) is 7.00. The first-order valence-electron chi connectivity index (χ1n) is 9.28. The summed E-state index contributed by atoms with van der Waals surface area (Å²) >= 11 is 0. The minimum atomic E-state index is -1.29. The molecule has 0 aromatic heterocycles. The summed E-state index contributed by atoms with van der Waals surface area (Å²) in [6.45, 7) is 0. The van der Waals surface area contributed by atoms with Gasteiger partial charge in [0, 0.05) is 17.7 Å². The van der Waals surface area contributed by atoms with Gasteiger partial charge < -0.3 is 45.6 Å². The van der Waals surface area contributed by atoms with Crippen molar-refractivity contribution in [2.45, 2.75) is 18.9 Å². The highest BCUT2D eigenvalue weighted by atomic mass is 16.5. The summed E-state index contributed by atoms with van der Waals surface area (Å²) in [4.78, 5) is 10.3. The Morgan fingerprint density at radius 3 is 2.03 bits per heavy atom. The van der Waals surface area contributed by atoms with Crippen LogP contribution in [0.2, 0.25) is 0 Å². The maximum Gasteiger partial charge on any atom is 0.335 e. The van der Waals surface area contributed by atoms with Crippen LogP contribution in [-0.2, 0) is 6.42 Å². The monoisotopic (exact) mass is 444 g/mol. The molecule has 3 aromatic rings. The van der Waals surface area contributed by atoms with Crippen molar-refractivity contribution in [3.63, 3.8) is 0 Å². The van der Waals surface area contributed by atoms with Crippen LogP contribution < -0.4 is 4.74 Å². The number of rotatable bonds is 2. The average molecular weight is 444 g/mol. The van der Waals surface area contributed by atoms with E-state index < -0.39 is 23.2 Å². The molecule has 10 nitrogen and oxygen atoms in total. The zero-order valence-corrected chi connectivity index (χ0v) is 16.4. The molecule has 1 aliphatic rings. The van der Waals surface area contributed by atoms with Crippen LogP contribution in [0, 0.1) is 0 Å². The number of phenolic OH excluding ortho intramolecular Hbond substituents is 7. The van der Waals surface area contributed by atoms with Gasteiger partial charge in [0.25, 0.3) is 0 Å². The van der Waals surface area contributed by atoms with Gasteiger partial charge in [0.05, 0.1) is 5.56 Å². The molecule has 1 atom stereocenters. The molecule has 168 valence electrons. The molecule has 10 heteroatoms. The van der Waals surface area contributed by atoms with Crippen molar-refractivity contribution in [3.05, 3.63) is 59.2 Å². The standard InChI is InChI=1S/C15H14O5.C7H6O5/c16-9-6-12(18)10-2-4-14(20-15(10)7-9)8-1-3-11(17)13(19)5-8;8-4-1-3(7(11)12)2-5(9)6(4)10/h1,3,5-7,14,16-19H,2,4H2;1-2,8-10H,(H,11,12)/t14-;/m0./s1. The lowest BCUT2D eigenvalue weighted by atomic mass is 9.96. The molecular weight excluding hydrogens is 424 g/mol. The fourth-order valence-corrected chi connectivity index (χ4v) is 3.16. The molecule has 0 unspecified atom stereocenters. The number of phenols is 7. The van der Waals surface area contributed by atoms with Gasteiger partial charge in [-0.05, 0) is 42.7 Å². The average Bonchev–Trinajstić information content (AvgIpc) is 2.73. The van der Waals surface area contributed by atoms with E-state index in [1.807, 2.05) is 0 Å². The summed E-state index contributed by atoms with van der Waals surface area (Å²) in [6.07, 6.45) is 0.943. The fraction of sp³-hybridized carbons (Fsp3) is 0.136. The Hall–Kier alpha value is -4.47. The second kappa shape index (κ2) is 8.72.